The van der Waals surface area contributed by atoms with Crippen LogP contribution >= 0.6 is 11.3 Å². The van der Waals surface area contributed by atoms with Crippen LogP contribution in [-0.2, 0) is 11.3 Å². The van der Waals surface area contributed by atoms with Crippen molar-refractivity contribution in [3.63, 3.8) is 0 Å². The highest BCUT2D eigenvalue weighted by atomic mass is 32.1. The summed E-state index contributed by atoms with van der Waals surface area (Å²) in [4.78, 5) is 51.9. The van der Waals surface area contributed by atoms with Crippen molar-refractivity contribution in [3.05, 3.63) is 72.9 Å². The van der Waals surface area contributed by atoms with Gasteiger partial charge >= 0.3 is 5.97 Å². The molecule has 3 aromatic rings. The molecule has 0 aromatic carbocycles. The summed E-state index contributed by atoms with van der Waals surface area (Å²) in [5, 5.41) is 13.7. The van der Waals surface area contributed by atoms with E-state index in [2.05, 4.69) is 9.72 Å². The number of ether oxygens (including phenoxy) is 1. The van der Waals surface area contributed by atoms with Gasteiger partial charge in [-0.25, -0.2) is 9.78 Å². The monoisotopic (exact) mass is 416 g/mol. The largest absolute Gasteiger partial charge is 0.465 e. The van der Waals surface area contributed by atoms with Crippen LogP contribution in [0.25, 0.3) is 5.13 Å². The Morgan fingerprint density at radius 2 is 2.00 bits per heavy atom. The van der Waals surface area contributed by atoms with E-state index in [1.807, 2.05) is 16.9 Å². The van der Waals surface area contributed by atoms with E-state index in [1.54, 1.807) is 19.2 Å². The minimum atomic E-state index is -1.01. The molecule has 0 atom stereocenters. The Hall–Kier alpha value is -3.60. The summed E-state index contributed by atoms with van der Waals surface area (Å²) in [5.74, 6) is -1.44. The van der Waals surface area contributed by atoms with E-state index in [-0.39, 0.29) is 0 Å². The van der Waals surface area contributed by atoms with E-state index in [0.717, 1.165) is 29.6 Å². The third-order valence-corrected chi connectivity index (χ3v) is 5.10. The minimum absolute atomic E-state index is 0.357. The van der Waals surface area contributed by atoms with Gasteiger partial charge in [0.25, 0.3) is 11.2 Å². The summed E-state index contributed by atoms with van der Waals surface area (Å²) in [5.41, 5.74) is -0.0781. The van der Waals surface area contributed by atoms with Crippen molar-refractivity contribution in [2.75, 3.05) is 7.11 Å². The van der Waals surface area contributed by atoms with E-state index in [1.165, 1.54) is 11.3 Å². The first-order chi connectivity index (χ1) is 13.7. The van der Waals surface area contributed by atoms with Crippen LogP contribution < -0.4 is 5.56 Å². The lowest BCUT2D eigenvalue weighted by atomic mass is 10.1. The van der Waals surface area contributed by atoms with E-state index in [4.69, 9.17) is 0 Å². The molecule has 3 aromatic heterocycles. The van der Waals surface area contributed by atoms with Crippen molar-refractivity contribution in [3.8, 4) is 5.13 Å². The van der Waals surface area contributed by atoms with Crippen molar-refractivity contribution in [1.82, 2.24) is 14.1 Å². The van der Waals surface area contributed by atoms with Crippen molar-refractivity contribution in [1.29, 1.82) is 0 Å². The second kappa shape index (κ2) is 7.80. The number of esters is 1. The summed E-state index contributed by atoms with van der Waals surface area (Å²) in [6, 6.07) is 2.51. The Bertz CT molecular complexity index is 1180. The maximum atomic E-state index is 12.9. The van der Waals surface area contributed by atoms with Crippen LogP contribution in [0, 0.1) is 24.0 Å². The van der Waals surface area contributed by atoms with Gasteiger partial charge in [0.05, 0.1) is 24.8 Å². The second-order valence-corrected chi connectivity index (χ2v) is 7.02. The van der Waals surface area contributed by atoms with Gasteiger partial charge in [-0.1, -0.05) is 0 Å². The first-order valence-electron chi connectivity index (χ1n) is 8.33. The minimum Gasteiger partial charge on any atom is -0.465 e. The number of aromatic nitrogens is 3. The lowest BCUT2D eigenvalue weighted by Gasteiger charge is -2.08. The lowest BCUT2D eigenvalue weighted by molar-refractivity contribution is -0.385. The Balaban J connectivity index is 2.03. The fourth-order valence-electron chi connectivity index (χ4n) is 3.00. The standard InChI is InChI=1S/C18H16N4O6S/c1-10-6-13(11(2)21(10)18-19-4-5-29-18)15(23)9-20-8-12(22(26)27)7-14(16(20)24)17(25)28-3/h4-8H,9H2,1-3H3. The molecule has 0 spiro atoms. The quantitative estimate of drug-likeness (QED) is 0.261. The highest BCUT2D eigenvalue weighted by Crippen LogP contribution is 2.23. The zero-order valence-electron chi connectivity index (χ0n) is 15.7. The summed E-state index contributed by atoms with van der Waals surface area (Å²) in [6.45, 7) is 3.10. The van der Waals surface area contributed by atoms with E-state index in [9.17, 15) is 24.5 Å². The number of hydrogen-bond acceptors (Lipinski definition) is 8. The number of thiazole rings is 1. The summed E-state index contributed by atoms with van der Waals surface area (Å²) in [6.07, 6.45) is 2.59. The number of hydrogen-bond donors (Lipinski definition) is 0. The van der Waals surface area contributed by atoms with Crippen molar-refractivity contribution in [2.24, 2.45) is 0 Å². The van der Waals surface area contributed by atoms with Gasteiger partial charge in [-0.05, 0) is 19.9 Å². The zero-order valence-corrected chi connectivity index (χ0v) is 16.6. The molecule has 0 unspecified atom stereocenters. The van der Waals surface area contributed by atoms with Gasteiger partial charge in [0.1, 0.15) is 5.56 Å². The molecule has 0 saturated carbocycles. The fourth-order valence-corrected chi connectivity index (χ4v) is 3.75. The average Bonchev–Trinajstić information content (AvgIpc) is 3.30. The summed E-state index contributed by atoms with van der Waals surface area (Å²) in [7, 11) is 1.06. The van der Waals surface area contributed by atoms with Gasteiger partial charge in [0.15, 0.2) is 10.9 Å². The molecule has 0 radical (unpaired) electrons. The summed E-state index contributed by atoms with van der Waals surface area (Å²) >= 11 is 1.41. The van der Waals surface area contributed by atoms with Crippen molar-refractivity contribution >= 4 is 28.8 Å². The van der Waals surface area contributed by atoms with E-state index >= 15 is 0 Å². The van der Waals surface area contributed by atoms with Crippen LogP contribution in [0.1, 0.15) is 32.1 Å². The number of pyridine rings is 1. The number of carbonyl (C=O) groups excluding carboxylic acids is 2. The number of nitrogens with zero attached hydrogens (tertiary/aromatic N) is 4. The number of Topliss-reactive ketones (excluding diaryl/α,β-unsaturated/α-hetero) is 1. The fraction of sp³-hybridized carbons (Fsp3) is 0.222. The Morgan fingerprint density at radius 1 is 1.28 bits per heavy atom. The molecule has 0 aliphatic heterocycles. The van der Waals surface area contributed by atoms with Gasteiger partial charge in [-0.3, -0.25) is 24.3 Å². The molecule has 150 valence electrons. The van der Waals surface area contributed by atoms with Crippen LogP contribution in [0.2, 0.25) is 0 Å². The predicted molar refractivity (Wildman–Crippen MR) is 104 cm³/mol. The zero-order chi connectivity index (χ0) is 21.3. The normalized spacial score (nSPS) is 10.7. The molecular weight excluding hydrogens is 400 g/mol. The van der Waals surface area contributed by atoms with E-state index < -0.39 is 40.0 Å². The van der Waals surface area contributed by atoms with Crippen LogP contribution in [0.4, 0.5) is 5.69 Å². The third-order valence-electron chi connectivity index (χ3n) is 4.34. The number of carbonyl (C=O) groups is 2. The molecule has 0 N–H and O–H groups in total. The number of rotatable bonds is 6. The van der Waals surface area contributed by atoms with Crippen LogP contribution in [0.5, 0.6) is 0 Å². The molecule has 0 saturated heterocycles. The van der Waals surface area contributed by atoms with Gasteiger partial charge in [0.2, 0.25) is 0 Å². The highest BCUT2D eigenvalue weighted by Gasteiger charge is 2.23. The first kappa shape index (κ1) is 20.1. The predicted octanol–water partition coefficient (Wildman–Crippen LogP) is 2.29. The number of aryl methyl sites for hydroxylation is 1. The molecule has 0 aliphatic rings. The molecular formula is C18H16N4O6S. The van der Waals surface area contributed by atoms with Gasteiger partial charge in [-0.15, -0.1) is 11.3 Å². The van der Waals surface area contributed by atoms with Crippen LogP contribution in [-0.4, -0.2) is 37.9 Å². The molecule has 0 bridgehead atoms. The SMILES string of the molecule is COC(=O)c1cc([N+](=O)[O-])cn(CC(=O)c2cc(C)n(-c3nccs3)c2C)c1=O. The Morgan fingerprint density at radius 3 is 2.59 bits per heavy atom. The third kappa shape index (κ3) is 3.72. The van der Waals surface area contributed by atoms with E-state index in [0.29, 0.717) is 16.4 Å². The molecule has 3 heterocycles. The first-order valence-corrected chi connectivity index (χ1v) is 9.21. The number of nitro groups is 1. The molecule has 0 aliphatic carbocycles. The second-order valence-electron chi connectivity index (χ2n) is 6.15. The molecule has 0 fully saturated rings. The Labute approximate surface area is 168 Å². The lowest BCUT2D eigenvalue weighted by Crippen LogP contribution is -2.29. The maximum Gasteiger partial charge on any atom is 0.343 e. The van der Waals surface area contributed by atoms with Gasteiger partial charge in [0, 0.05) is 34.6 Å². The van der Waals surface area contributed by atoms with Crippen molar-refractivity contribution in [2.45, 2.75) is 20.4 Å². The molecule has 0 amide bonds. The Kier molecular flexibility index (Phi) is 5.41. The van der Waals surface area contributed by atoms with Crippen LogP contribution in [0.3, 0.4) is 0 Å². The topological polar surface area (TPSA) is 126 Å². The van der Waals surface area contributed by atoms with Gasteiger partial charge in [-0.2, -0.15) is 0 Å². The molecule has 29 heavy (non-hydrogen) atoms. The van der Waals surface area contributed by atoms with Gasteiger partial charge < -0.3 is 9.30 Å². The highest BCUT2D eigenvalue weighted by molar-refractivity contribution is 7.12. The molecule has 3 rings (SSSR count). The number of methoxy groups -OCH3 is 1. The maximum absolute atomic E-state index is 12.9. The summed E-state index contributed by atoms with van der Waals surface area (Å²) < 4.78 is 7.17. The van der Waals surface area contributed by atoms with Crippen LogP contribution in [0.15, 0.2) is 34.7 Å². The average molecular weight is 416 g/mol. The smallest absolute Gasteiger partial charge is 0.343 e. The van der Waals surface area contributed by atoms with Crippen molar-refractivity contribution < 1.29 is 19.2 Å². The molecule has 11 heteroatoms. The number of ketones is 1. The molecule has 10 nitrogen and oxygen atoms in total.